The van der Waals surface area contributed by atoms with E-state index in [0.717, 1.165) is 18.5 Å². The van der Waals surface area contributed by atoms with Crippen molar-refractivity contribution in [2.75, 3.05) is 25.5 Å². The molecule has 1 aromatic heterocycles. The van der Waals surface area contributed by atoms with E-state index in [1.54, 1.807) is 9.58 Å². The van der Waals surface area contributed by atoms with Crippen LogP contribution in [0.2, 0.25) is 0 Å². The Balaban J connectivity index is 1.64. The third-order valence-electron chi connectivity index (χ3n) is 3.73. The number of nitrogens with zero attached hydrogens (tertiary/aromatic N) is 5. The summed E-state index contributed by atoms with van der Waals surface area (Å²) in [6.07, 6.45) is 1.39. The number of piperidine rings is 1. The zero-order valence-electron chi connectivity index (χ0n) is 12.3. The lowest BCUT2D eigenvalue weighted by Gasteiger charge is -2.31. The molecule has 2 aromatic rings. The van der Waals surface area contributed by atoms with Crippen molar-refractivity contribution >= 4 is 12.0 Å². The minimum Gasteiger partial charge on any atom is -0.453 e. The third-order valence-corrected chi connectivity index (χ3v) is 3.73. The molecule has 0 unspecified atom stereocenters. The summed E-state index contributed by atoms with van der Waals surface area (Å²) in [4.78, 5) is 13.2. The zero-order chi connectivity index (χ0) is 15.4. The predicted octanol–water partition coefficient (Wildman–Crippen LogP) is 1.30. The predicted molar refractivity (Wildman–Crippen MR) is 79.8 cm³/mol. The van der Waals surface area contributed by atoms with Crippen LogP contribution < -0.4 is 5.32 Å². The molecule has 0 saturated carbocycles. The van der Waals surface area contributed by atoms with Crippen LogP contribution in [-0.2, 0) is 4.74 Å². The maximum Gasteiger partial charge on any atom is 0.409 e. The van der Waals surface area contributed by atoms with Crippen molar-refractivity contribution in [2.45, 2.75) is 18.9 Å². The van der Waals surface area contributed by atoms with Crippen LogP contribution in [0.3, 0.4) is 0 Å². The van der Waals surface area contributed by atoms with Gasteiger partial charge in [0.25, 0.3) is 0 Å². The van der Waals surface area contributed by atoms with E-state index >= 15 is 0 Å². The summed E-state index contributed by atoms with van der Waals surface area (Å²) in [6, 6.07) is 9.95. The number of rotatable bonds is 3. The highest BCUT2D eigenvalue weighted by atomic mass is 16.5. The second kappa shape index (κ2) is 6.42. The molecule has 0 spiro atoms. The lowest BCUT2D eigenvalue weighted by atomic mass is 10.1. The molecule has 0 radical (unpaired) electrons. The molecular formula is C14H18N6O2. The van der Waals surface area contributed by atoms with Crippen LogP contribution in [0, 0.1) is 0 Å². The molecule has 22 heavy (non-hydrogen) atoms. The number of carbonyl (C=O) groups is 1. The number of ether oxygens (including phenoxy) is 1. The first-order chi connectivity index (χ1) is 10.8. The van der Waals surface area contributed by atoms with Crippen molar-refractivity contribution in [1.29, 1.82) is 0 Å². The Morgan fingerprint density at radius 2 is 2.00 bits per heavy atom. The van der Waals surface area contributed by atoms with Gasteiger partial charge >= 0.3 is 6.09 Å². The van der Waals surface area contributed by atoms with E-state index in [1.807, 2.05) is 30.3 Å². The Bertz CT molecular complexity index is 621. The van der Waals surface area contributed by atoms with Crippen LogP contribution >= 0.6 is 0 Å². The van der Waals surface area contributed by atoms with Gasteiger partial charge in [0.1, 0.15) is 0 Å². The number of nitrogens with one attached hydrogen (secondary N) is 1. The van der Waals surface area contributed by atoms with Crippen molar-refractivity contribution in [2.24, 2.45) is 0 Å². The van der Waals surface area contributed by atoms with Crippen LogP contribution in [0.5, 0.6) is 0 Å². The molecule has 1 aliphatic heterocycles. The molecule has 116 valence electrons. The summed E-state index contributed by atoms with van der Waals surface area (Å²) >= 11 is 0. The molecule has 0 atom stereocenters. The van der Waals surface area contributed by atoms with E-state index in [9.17, 15) is 4.79 Å². The Morgan fingerprint density at radius 3 is 2.68 bits per heavy atom. The van der Waals surface area contributed by atoms with Crippen LogP contribution in [0.25, 0.3) is 5.69 Å². The number of hydrogen-bond donors (Lipinski definition) is 1. The first kappa shape index (κ1) is 14.3. The normalized spacial score (nSPS) is 15.6. The Hall–Kier alpha value is -2.64. The lowest BCUT2D eigenvalue weighted by Crippen LogP contribution is -2.42. The van der Waals surface area contributed by atoms with Crippen molar-refractivity contribution in [3.63, 3.8) is 0 Å². The molecule has 0 bridgehead atoms. The first-order valence-corrected chi connectivity index (χ1v) is 7.21. The average Bonchev–Trinajstić information content (AvgIpc) is 3.04. The summed E-state index contributed by atoms with van der Waals surface area (Å²) in [6.45, 7) is 1.33. The van der Waals surface area contributed by atoms with Gasteiger partial charge in [-0.1, -0.05) is 23.3 Å². The van der Waals surface area contributed by atoms with Crippen molar-refractivity contribution in [1.82, 2.24) is 25.1 Å². The molecule has 0 aliphatic carbocycles. The van der Waals surface area contributed by atoms with E-state index < -0.39 is 0 Å². The topological polar surface area (TPSA) is 85.2 Å². The number of methoxy groups -OCH3 is 1. The fraction of sp³-hybridized carbons (Fsp3) is 0.429. The molecular weight excluding hydrogens is 284 g/mol. The van der Waals surface area contributed by atoms with Gasteiger partial charge in [-0.05, 0) is 35.4 Å². The van der Waals surface area contributed by atoms with Gasteiger partial charge in [0.2, 0.25) is 5.95 Å². The Morgan fingerprint density at radius 1 is 1.27 bits per heavy atom. The molecule has 3 rings (SSSR count). The third kappa shape index (κ3) is 3.00. The zero-order valence-corrected chi connectivity index (χ0v) is 12.3. The summed E-state index contributed by atoms with van der Waals surface area (Å²) < 4.78 is 6.41. The van der Waals surface area contributed by atoms with Gasteiger partial charge in [0.15, 0.2) is 0 Å². The summed E-state index contributed by atoms with van der Waals surface area (Å²) in [7, 11) is 1.40. The van der Waals surface area contributed by atoms with Crippen LogP contribution in [0.1, 0.15) is 12.8 Å². The maximum absolute atomic E-state index is 11.5. The van der Waals surface area contributed by atoms with Crippen LogP contribution in [-0.4, -0.2) is 57.4 Å². The number of likely N-dealkylation sites (tertiary alicyclic amines) is 1. The number of tetrazole rings is 1. The largest absolute Gasteiger partial charge is 0.453 e. The van der Waals surface area contributed by atoms with Crippen molar-refractivity contribution in [3.05, 3.63) is 30.3 Å². The number of amides is 1. The number of anilines is 1. The summed E-state index contributed by atoms with van der Waals surface area (Å²) in [5, 5.41) is 15.1. The quantitative estimate of drug-likeness (QED) is 0.920. The molecule has 8 heteroatoms. The van der Waals surface area contributed by atoms with E-state index in [-0.39, 0.29) is 12.1 Å². The fourth-order valence-corrected chi connectivity index (χ4v) is 2.54. The van der Waals surface area contributed by atoms with Gasteiger partial charge in [-0.3, -0.25) is 0 Å². The second-order valence-corrected chi connectivity index (χ2v) is 5.13. The monoisotopic (exact) mass is 302 g/mol. The number of para-hydroxylation sites is 1. The van der Waals surface area contributed by atoms with Gasteiger partial charge in [-0.2, -0.15) is 4.68 Å². The van der Waals surface area contributed by atoms with Gasteiger partial charge in [-0.15, -0.1) is 0 Å². The molecule has 1 fully saturated rings. The average molecular weight is 302 g/mol. The highest BCUT2D eigenvalue weighted by Gasteiger charge is 2.24. The van der Waals surface area contributed by atoms with Gasteiger partial charge in [0.05, 0.1) is 12.8 Å². The SMILES string of the molecule is COC(=O)N1CCC(Nc2nnnn2-c2ccccc2)CC1. The summed E-state index contributed by atoms with van der Waals surface area (Å²) in [5.74, 6) is 0.614. The molecule has 2 heterocycles. The second-order valence-electron chi connectivity index (χ2n) is 5.13. The first-order valence-electron chi connectivity index (χ1n) is 7.21. The molecule has 1 aromatic carbocycles. The molecule has 1 amide bonds. The molecule has 8 nitrogen and oxygen atoms in total. The van der Waals surface area contributed by atoms with Gasteiger partial charge in [0, 0.05) is 19.1 Å². The maximum atomic E-state index is 11.5. The van der Waals surface area contributed by atoms with Gasteiger partial charge in [-0.25, -0.2) is 4.79 Å². The molecule has 1 aliphatic rings. The van der Waals surface area contributed by atoms with Crippen molar-refractivity contribution in [3.8, 4) is 5.69 Å². The lowest BCUT2D eigenvalue weighted by molar-refractivity contribution is 0.113. The minimum atomic E-state index is -0.271. The Kier molecular flexibility index (Phi) is 4.17. The van der Waals surface area contributed by atoms with Crippen LogP contribution in [0.4, 0.5) is 10.7 Å². The van der Waals surface area contributed by atoms with E-state index in [2.05, 4.69) is 20.8 Å². The molecule has 1 N–H and O–H groups in total. The smallest absolute Gasteiger partial charge is 0.409 e. The van der Waals surface area contributed by atoms with E-state index in [1.165, 1.54) is 7.11 Å². The minimum absolute atomic E-state index is 0.231. The van der Waals surface area contributed by atoms with Gasteiger partial charge < -0.3 is 15.0 Å². The van der Waals surface area contributed by atoms with E-state index in [4.69, 9.17) is 4.74 Å². The van der Waals surface area contributed by atoms with Crippen molar-refractivity contribution < 1.29 is 9.53 Å². The highest BCUT2D eigenvalue weighted by molar-refractivity contribution is 5.67. The fourth-order valence-electron chi connectivity index (χ4n) is 2.54. The highest BCUT2D eigenvalue weighted by Crippen LogP contribution is 2.17. The van der Waals surface area contributed by atoms with Crippen LogP contribution in [0.15, 0.2) is 30.3 Å². The Labute approximate surface area is 128 Å². The molecule has 1 saturated heterocycles. The van der Waals surface area contributed by atoms with E-state index in [0.29, 0.717) is 19.0 Å². The number of aromatic nitrogens is 4. The number of carbonyl (C=O) groups excluding carboxylic acids is 1. The summed E-state index contributed by atoms with van der Waals surface area (Å²) in [5.41, 5.74) is 0.905. The standard InChI is InChI=1S/C14H18N6O2/c1-22-14(21)19-9-7-11(8-10-19)15-13-16-17-18-20(13)12-5-3-2-4-6-12/h2-6,11H,7-10H2,1H3,(H,15,16,18). The number of hydrogen-bond acceptors (Lipinski definition) is 6. The number of benzene rings is 1.